The molecule has 7 heteroatoms. The smallest absolute Gasteiger partial charge is 0.204 e. The zero-order valence-electron chi connectivity index (χ0n) is 11.9. The molecule has 2 aromatic rings. The lowest BCUT2D eigenvalue weighted by Gasteiger charge is -2.15. The second kappa shape index (κ2) is 5.96. The van der Waals surface area contributed by atoms with Gasteiger partial charge < -0.3 is 18.8 Å². The zero-order chi connectivity index (χ0) is 14.7. The SMILES string of the molecule is CCn1c(-c2ccc(OC)c(OC)c2OC)n[nH]c1=S. The van der Waals surface area contributed by atoms with Gasteiger partial charge in [0.2, 0.25) is 5.75 Å². The van der Waals surface area contributed by atoms with Crippen molar-refractivity contribution in [2.75, 3.05) is 21.3 Å². The van der Waals surface area contributed by atoms with Crippen LogP contribution < -0.4 is 14.2 Å². The molecular weight excluding hydrogens is 278 g/mol. The predicted molar refractivity (Wildman–Crippen MR) is 78.2 cm³/mol. The molecule has 1 aromatic heterocycles. The molecule has 0 saturated heterocycles. The number of ether oxygens (including phenoxy) is 3. The van der Waals surface area contributed by atoms with Crippen molar-refractivity contribution in [2.45, 2.75) is 13.5 Å². The molecule has 0 aliphatic carbocycles. The van der Waals surface area contributed by atoms with Crippen LogP contribution in [0.3, 0.4) is 0 Å². The van der Waals surface area contributed by atoms with E-state index in [9.17, 15) is 0 Å². The molecule has 0 radical (unpaired) electrons. The average Bonchev–Trinajstić information content (AvgIpc) is 2.85. The summed E-state index contributed by atoms with van der Waals surface area (Å²) in [6.45, 7) is 2.71. The van der Waals surface area contributed by atoms with E-state index in [1.807, 2.05) is 23.6 Å². The predicted octanol–water partition coefficient (Wildman–Crippen LogP) is 2.65. The fourth-order valence-electron chi connectivity index (χ4n) is 2.09. The molecular formula is C13H17N3O3S. The summed E-state index contributed by atoms with van der Waals surface area (Å²) in [5.74, 6) is 2.40. The van der Waals surface area contributed by atoms with Gasteiger partial charge in [-0.25, -0.2) is 0 Å². The number of aromatic amines is 1. The molecule has 1 heterocycles. The second-order valence-electron chi connectivity index (χ2n) is 3.98. The Kier molecular flexibility index (Phi) is 4.29. The van der Waals surface area contributed by atoms with E-state index in [0.717, 1.165) is 5.56 Å². The van der Waals surface area contributed by atoms with Crippen molar-refractivity contribution in [1.29, 1.82) is 0 Å². The molecule has 0 aliphatic heterocycles. The molecule has 1 N–H and O–H groups in total. The third-order valence-corrected chi connectivity index (χ3v) is 3.33. The van der Waals surface area contributed by atoms with E-state index in [4.69, 9.17) is 26.4 Å². The van der Waals surface area contributed by atoms with Gasteiger partial charge in [-0.1, -0.05) is 0 Å². The molecule has 6 nitrogen and oxygen atoms in total. The van der Waals surface area contributed by atoms with E-state index in [1.165, 1.54) is 0 Å². The van der Waals surface area contributed by atoms with Crippen molar-refractivity contribution in [2.24, 2.45) is 0 Å². The van der Waals surface area contributed by atoms with Crippen LogP contribution in [0.15, 0.2) is 12.1 Å². The van der Waals surface area contributed by atoms with Gasteiger partial charge in [0.05, 0.1) is 26.9 Å². The standard InChI is InChI=1S/C13H17N3O3S/c1-5-16-12(14-15-13(16)20)8-6-7-9(17-2)11(19-4)10(8)18-3/h6-7H,5H2,1-4H3,(H,15,20). The number of benzene rings is 1. The van der Waals surface area contributed by atoms with Crippen molar-refractivity contribution in [3.63, 3.8) is 0 Å². The Morgan fingerprint density at radius 1 is 1.15 bits per heavy atom. The molecule has 0 atom stereocenters. The summed E-state index contributed by atoms with van der Waals surface area (Å²) in [5, 5.41) is 7.06. The topological polar surface area (TPSA) is 61.3 Å². The third kappa shape index (κ3) is 2.24. The van der Waals surface area contributed by atoms with Crippen LogP contribution in [-0.4, -0.2) is 36.1 Å². The van der Waals surface area contributed by atoms with Gasteiger partial charge in [-0.3, -0.25) is 5.10 Å². The summed E-state index contributed by atoms with van der Waals surface area (Å²) < 4.78 is 18.6. The Labute approximate surface area is 122 Å². The zero-order valence-corrected chi connectivity index (χ0v) is 12.7. The Bertz CT molecular complexity index is 663. The van der Waals surface area contributed by atoms with E-state index in [0.29, 0.717) is 34.4 Å². The Morgan fingerprint density at radius 3 is 2.40 bits per heavy atom. The Morgan fingerprint density at radius 2 is 1.85 bits per heavy atom. The van der Waals surface area contributed by atoms with E-state index >= 15 is 0 Å². The summed E-state index contributed by atoms with van der Waals surface area (Å²) >= 11 is 5.21. The van der Waals surface area contributed by atoms with Gasteiger partial charge >= 0.3 is 0 Å². The average molecular weight is 295 g/mol. The molecule has 0 spiro atoms. The fourth-order valence-corrected chi connectivity index (χ4v) is 2.36. The van der Waals surface area contributed by atoms with Crippen molar-refractivity contribution in [3.8, 4) is 28.6 Å². The normalized spacial score (nSPS) is 10.4. The molecule has 108 valence electrons. The highest BCUT2D eigenvalue weighted by Crippen LogP contribution is 2.43. The minimum Gasteiger partial charge on any atom is -0.493 e. The van der Waals surface area contributed by atoms with Crippen LogP contribution >= 0.6 is 12.2 Å². The van der Waals surface area contributed by atoms with Crippen LogP contribution in [0.5, 0.6) is 17.2 Å². The van der Waals surface area contributed by atoms with E-state index in [-0.39, 0.29) is 0 Å². The fraction of sp³-hybridized carbons (Fsp3) is 0.385. The molecule has 0 aliphatic rings. The highest BCUT2D eigenvalue weighted by molar-refractivity contribution is 7.71. The highest BCUT2D eigenvalue weighted by atomic mass is 32.1. The maximum Gasteiger partial charge on any atom is 0.204 e. The lowest BCUT2D eigenvalue weighted by Crippen LogP contribution is -2.01. The molecule has 0 unspecified atom stereocenters. The minimum absolute atomic E-state index is 0.532. The second-order valence-corrected chi connectivity index (χ2v) is 4.37. The number of methoxy groups -OCH3 is 3. The molecule has 0 saturated carbocycles. The number of rotatable bonds is 5. The van der Waals surface area contributed by atoms with E-state index in [2.05, 4.69) is 10.2 Å². The monoisotopic (exact) mass is 295 g/mol. The maximum atomic E-state index is 5.47. The van der Waals surface area contributed by atoms with Gasteiger partial charge in [0.25, 0.3) is 0 Å². The summed E-state index contributed by atoms with van der Waals surface area (Å²) in [6, 6.07) is 3.69. The van der Waals surface area contributed by atoms with Gasteiger partial charge in [0.15, 0.2) is 22.1 Å². The molecule has 0 bridgehead atoms. The first-order valence-electron chi connectivity index (χ1n) is 6.12. The van der Waals surface area contributed by atoms with E-state index in [1.54, 1.807) is 21.3 Å². The quantitative estimate of drug-likeness (QED) is 0.859. The van der Waals surface area contributed by atoms with Gasteiger partial charge in [-0.15, -0.1) is 0 Å². The van der Waals surface area contributed by atoms with Crippen LogP contribution in [0, 0.1) is 4.77 Å². The number of hydrogen-bond donors (Lipinski definition) is 1. The van der Waals surface area contributed by atoms with Crippen LogP contribution in [0.1, 0.15) is 6.92 Å². The lowest BCUT2D eigenvalue weighted by molar-refractivity contribution is 0.325. The number of nitrogens with zero attached hydrogens (tertiary/aromatic N) is 2. The molecule has 1 aromatic carbocycles. The van der Waals surface area contributed by atoms with Crippen LogP contribution in [-0.2, 0) is 6.54 Å². The number of H-pyrrole nitrogens is 1. The number of aromatic nitrogens is 3. The Hall–Kier alpha value is -2.02. The third-order valence-electron chi connectivity index (χ3n) is 3.02. The number of nitrogens with one attached hydrogen (secondary N) is 1. The van der Waals surface area contributed by atoms with Crippen molar-refractivity contribution in [3.05, 3.63) is 16.9 Å². The summed E-state index contributed by atoms with van der Waals surface area (Å²) in [6.07, 6.45) is 0. The Balaban J connectivity index is 2.71. The molecule has 20 heavy (non-hydrogen) atoms. The van der Waals surface area contributed by atoms with Crippen molar-refractivity contribution < 1.29 is 14.2 Å². The van der Waals surface area contributed by atoms with Gasteiger partial charge in [0, 0.05) is 6.54 Å². The minimum atomic E-state index is 0.532. The summed E-state index contributed by atoms with van der Waals surface area (Å²) in [4.78, 5) is 0. The van der Waals surface area contributed by atoms with Crippen LogP contribution in [0.25, 0.3) is 11.4 Å². The molecule has 0 fully saturated rings. The molecule has 2 rings (SSSR count). The largest absolute Gasteiger partial charge is 0.493 e. The maximum absolute atomic E-state index is 5.47. The summed E-state index contributed by atoms with van der Waals surface area (Å²) in [7, 11) is 4.73. The first-order chi connectivity index (χ1) is 9.67. The van der Waals surface area contributed by atoms with Gasteiger partial charge in [-0.2, -0.15) is 5.10 Å². The lowest BCUT2D eigenvalue weighted by atomic mass is 10.1. The van der Waals surface area contributed by atoms with Crippen molar-refractivity contribution >= 4 is 12.2 Å². The van der Waals surface area contributed by atoms with Gasteiger partial charge in [0.1, 0.15) is 0 Å². The van der Waals surface area contributed by atoms with Crippen LogP contribution in [0.2, 0.25) is 0 Å². The van der Waals surface area contributed by atoms with Crippen LogP contribution in [0.4, 0.5) is 0 Å². The summed E-state index contributed by atoms with van der Waals surface area (Å²) in [5.41, 5.74) is 0.791. The van der Waals surface area contributed by atoms with Gasteiger partial charge in [-0.05, 0) is 31.3 Å². The molecule has 0 amide bonds. The first kappa shape index (κ1) is 14.4. The van der Waals surface area contributed by atoms with E-state index < -0.39 is 0 Å². The number of hydrogen-bond acceptors (Lipinski definition) is 5. The first-order valence-corrected chi connectivity index (χ1v) is 6.53. The highest BCUT2D eigenvalue weighted by Gasteiger charge is 2.20. The van der Waals surface area contributed by atoms with Crippen molar-refractivity contribution in [1.82, 2.24) is 14.8 Å².